The number of nitrogens with zero attached hydrogens (tertiary/aromatic N) is 3. The van der Waals surface area contributed by atoms with Crippen molar-refractivity contribution in [2.75, 3.05) is 37.7 Å². The quantitative estimate of drug-likeness (QED) is 0.631. The number of rotatable bonds is 3. The van der Waals surface area contributed by atoms with E-state index in [1.807, 2.05) is 4.90 Å². The maximum Gasteiger partial charge on any atom is 0.292 e. The third-order valence-corrected chi connectivity index (χ3v) is 4.73. The van der Waals surface area contributed by atoms with Gasteiger partial charge in [-0.15, -0.1) is 0 Å². The van der Waals surface area contributed by atoms with Crippen LogP contribution in [0.1, 0.15) is 19.8 Å². The van der Waals surface area contributed by atoms with Gasteiger partial charge in [-0.1, -0.05) is 0 Å². The first-order valence-electron chi connectivity index (χ1n) is 8.09. The van der Waals surface area contributed by atoms with Crippen LogP contribution < -0.4 is 4.90 Å². The van der Waals surface area contributed by atoms with Gasteiger partial charge in [0.1, 0.15) is 11.5 Å². The van der Waals surface area contributed by atoms with Crippen molar-refractivity contribution in [1.82, 2.24) is 4.90 Å². The fraction of sp³-hybridized carbons (Fsp3) is 0.625. The highest BCUT2D eigenvalue weighted by molar-refractivity contribution is 5.63. The molecule has 2 heterocycles. The molecule has 1 atom stereocenters. The minimum Gasteiger partial charge on any atom is -0.376 e. The van der Waals surface area contributed by atoms with Crippen LogP contribution in [-0.4, -0.2) is 54.8 Å². The second-order valence-corrected chi connectivity index (χ2v) is 6.28. The highest BCUT2D eigenvalue weighted by Gasteiger charge is 2.30. The fourth-order valence-corrected chi connectivity index (χ4v) is 3.55. The van der Waals surface area contributed by atoms with Crippen molar-refractivity contribution in [3.63, 3.8) is 0 Å². The van der Waals surface area contributed by atoms with E-state index in [1.165, 1.54) is 12.1 Å². The van der Waals surface area contributed by atoms with Gasteiger partial charge in [0.05, 0.1) is 17.6 Å². The summed E-state index contributed by atoms with van der Waals surface area (Å²) in [7, 11) is 0. The SMILES string of the molecule is CC1CN(C2CCN(c3cc(F)ccc3[N+](=O)[O-])CC2)CCO1. The lowest BCUT2D eigenvalue weighted by molar-refractivity contribution is -0.384. The van der Waals surface area contributed by atoms with Crippen LogP contribution in [0.2, 0.25) is 0 Å². The Balaban J connectivity index is 1.67. The molecule has 0 amide bonds. The van der Waals surface area contributed by atoms with Crippen LogP contribution >= 0.6 is 0 Å². The lowest BCUT2D eigenvalue weighted by atomic mass is 10.0. The van der Waals surface area contributed by atoms with Gasteiger partial charge in [0.25, 0.3) is 5.69 Å². The van der Waals surface area contributed by atoms with Crippen LogP contribution in [0.15, 0.2) is 18.2 Å². The molecule has 1 aromatic carbocycles. The molecule has 2 aliphatic heterocycles. The number of benzene rings is 1. The Kier molecular flexibility index (Phi) is 4.77. The number of hydrogen-bond acceptors (Lipinski definition) is 5. The molecule has 2 saturated heterocycles. The molecule has 0 spiro atoms. The molecule has 6 nitrogen and oxygen atoms in total. The van der Waals surface area contributed by atoms with Gasteiger partial charge in [0, 0.05) is 44.4 Å². The molecule has 0 saturated carbocycles. The van der Waals surface area contributed by atoms with Crippen LogP contribution in [0.25, 0.3) is 0 Å². The van der Waals surface area contributed by atoms with Gasteiger partial charge in [-0.25, -0.2) is 4.39 Å². The van der Waals surface area contributed by atoms with Crippen molar-refractivity contribution < 1.29 is 14.1 Å². The molecule has 126 valence electrons. The largest absolute Gasteiger partial charge is 0.376 e. The minimum atomic E-state index is -0.440. The van der Waals surface area contributed by atoms with E-state index >= 15 is 0 Å². The van der Waals surface area contributed by atoms with Crippen molar-refractivity contribution in [1.29, 1.82) is 0 Å². The number of anilines is 1. The number of morpholine rings is 1. The van der Waals surface area contributed by atoms with Crippen molar-refractivity contribution in [3.8, 4) is 0 Å². The molecule has 1 aromatic rings. The van der Waals surface area contributed by atoms with Crippen molar-refractivity contribution in [2.24, 2.45) is 0 Å². The van der Waals surface area contributed by atoms with Crippen molar-refractivity contribution >= 4 is 11.4 Å². The van der Waals surface area contributed by atoms with Crippen molar-refractivity contribution in [2.45, 2.75) is 31.9 Å². The lowest BCUT2D eigenvalue weighted by Crippen LogP contribution is -2.51. The van der Waals surface area contributed by atoms with E-state index in [4.69, 9.17) is 4.74 Å². The van der Waals surface area contributed by atoms with Gasteiger partial charge in [-0.2, -0.15) is 0 Å². The van der Waals surface area contributed by atoms with Gasteiger partial charge < -0.3 is 9.64 Å². The van der Waals surface area contributed by atoms with E-state index in [-0.39, 0.29) is 11.8 Å². The third kappa shape index (κ3) is 3.61. The second-order valence-electron chi connectivity index (χ2n) is 6.28. The molecule has 23 heavy (non-hydrogen) atoms. The first-order valence-corrected chi connectivity index (χ1v) is 8.09. The van der Waals surface area contributed by atoms with Crippen molar-refractivity contribution in [3.05, 3.63) is 34.1 Å². The zero-order valence-electron chi connectivity index (χ0n) is 13.3. The molecule has 0 radical (unpaired) electrons. The Hall–Kier alpha value is -1.73. The molecule has 7 heteroatoms. The maximum atomic E-state index is 13.5. The first kappa shape index (κ1) is 16.1. The number of piperidine rings is 1. The summed E-state index contributed by atoms with van der Waals surface area (Å²) in [6.07, 6.45) is 2.12. The zero-order valence-corrected chi connectivity index (χ0v) is 13.3. The fourth-order valence-electron chi connectivity index (χ4n) is 3.55. The molecule has 1 unspecified atom stereocenters. The summed E-state index contributed by atoms with van der Waals surface area (Å²) in [4.78, 5) is 15.1. The Morgan fingerprint density at radius 3 is 2.70 bits per heavy atom. The Labute approximate surface area is 135 Å². The molecule has 2 aliphatic rings. The Morgan fingerprint density at radius 2 is 2.04 bits per heavy atom. The average Bonchev–Trinajstić information content (AvgIpc) is 2.54. The normalized spacial score (nSPS) is 23.9. The van der Waals surface area contributed by atoms with Gasteiger partial charge >= 0.3 is 0 Å². The predicted octanol–water partition coefficient (Wildman–Crippen LogP) is 2.42. The number of halogens is 1. The summed E-state index contributed by atoms with van der Waals surface area (Å²) < 4.78 is 19.1. The van der Waals surface area contributed by atoms with Crippen LogP contribution in [0.5, 0.6) is 0 Å². The van der Waals surface area contributed by atoms with E-state index in [0.717, 1.165) is 38.6 Å². The Morgan fingerprint density at radius 1 is 1.30 bits per heavy atom. The van der Waals surface area contributed by atoms with Crippen LogP contribution in [0.4, 0.5) is 15.8 Å². The first-order chi connectivity index (χ1) is 11.0. The monoisotopic (exact) mass is 323 g/mol. The smallest absolute Gasteiger partial charge is 0.292 e. The summed E-state index contributed by atoms with van der Waals surface area (Å²) in [6.45, 7) is 6.13. The van der Waals surface area contributed by atoms with E-state index < -0.39 is 10.7 Å². The molecule has 0 aliphatic carbocycles. The van der Waals surface area contributed by atoms with Crippen LogP contribution in [0, 0.1) is 15.9 Å². The summed E-state index contributed by atoms with van der Waals surface area (Å²) in [5.74, 6) is -0.435. The molecule has 3 rings (SSSR count). The standard InChI is InChI=1S/C16H22FN3O3/c1-12-11-19(8-9-23-12)14-4-6-18(7-5-14)16-10-13(17)2-3-15(16)20(21)22/h2-3,10,12,14H,4-9,11H2,1H3. The number of ether oxygens (including phenoxy) is 1. The van der Waals surface area contributed by atoms with E-state index in [1.54, 1.807) is 0 Å². The molecule has 0 aromatic heterocycles. The van der Waals surface area contributed by atoms with Gasteiger partial charge in [0.2, 0.25) is 0 Å². The number of hydrogen-bond donors (Lipinski definition) is 0. The number of nitro groups is 1. The molecule has 2 fully saturated rings. The van der Waals surface area contributed by atoms with E-state index in [0.29, 0.717) is 24.8 Å². The summed E-state index contributed by atoms with van der Waals surface area (Å²) >= 11 is 0. The minimum absolute atomic E-state index is 0.0233. The molecular formula is C16H22FN3O3. The van der Waals surface area contributed by atoms with Crippen LogP contribution in [-0.2, 0) is 4.74 Å². The predicted molar refractivity (Wildman–Crippen MR) is 85.3 cm³/mol. The second kappa shape index (κ2) is 6.80. The van der Waals surface area contributed by atoms with E-state index in [9.17, 15) is 14.5 Å². The zero-order chi connectivity index (χ0) is 16.4. The van der Waals surface area contributed by atoms with Crippen LogP contribution in [0.3, 0.4) is 0 Å². The topological polar surface area (TPSA) is 58.9 Å². The van der Waals surface area contributed by atoms with Gasteiger partial charge in [-0.05, 0) is 25.8 Å². The van der Waals surface area contributed by atoms with Gasteiger partial charge in [0.15, 0.2) is 0 Å². The van der Waals surface area contributed by atoms with E-state index in [2.05, 4.69) is 11.8 Å². The average molecular weight is 323 g/mol. The summed E-state index contributed by atoms with van der Waals surface area (Å²) in [5, 5.41) is 11.2. The highest BCUT2D eigenvalue weighted by atomic mass is 19.1. The summed E-state index contributed by atoms with van der Waals surface area (Å²) in [6, 6.07) is 4.14. The Bertz CT molecular complexity index is 576. The molecular weight excluding hydrogens is 301 g/mol. The van der Waals surface area contributed by atoms with Gasteiger partial charge in [-0.3, -0.25) is 15.0 Å². The maximum absolute atomic E-state index is 13.5. The summed E-state index contributed by atoms with van der Waals surface area (Å²) in [5.41, 5.74) is 0.369. The lowest BCUT2D eigenvalue weighted by Gasteiger charge is -2.42. The third-order valence-electron chi connectivity index (χ3n) is 4.73. The molecule has 0 bridgehead atoms. The number of nitro benzene ring substituents is 1. The highest BCUT2D eigenvalue weighted by Crippen LogP contribution is 2.32. The molecule has 0 N–H and O–H groups in total.